The first kappa shape index (κ1) is 16.9. The van der Waals surface area contributed by atoms with Crippen molar-refractivity contribution in [2.45, 2.75) is 19.6 Å². The molecule has 0 atom stereocenters. The summed E-state index contributed by atoms with van der Waals surface area (Å²) in [5.41, 5.74) is 7.78. The molecule has 1 aromatic carbocycles. The van der Waals surface area contributed by atoms with Crippen molar-refractivity contribution in [1.29, 1.82) is 0 Å². The quantitative estimate of drug-likeness (QED) is 0.802. The lowest BCUT2D eigenvalue weighted by Gasteiger charge is -2.08. The van der Waals surface area contributed by atoms with Crippen molar-refractivity contribution in [2.24, 2.45) is 0 Å². The number of carbonyl (C=O) groups excluding carboxylic acids is 1. The minimum absolute atomic E-state index is 0.0520. The van der Waals surface area contributed by atoms with E-state index >= 15 is 0 Å². The lowest BCUT2D eigenvalue weighted by Crippen LogP contribution is -2.30. The molecule has 0 radical (unpaired) electrons. The summed E-state index contributed by atoms with van der Waals surface area (Å²) in [4.78, 5) is 20.3. The first-order chi connectivity index (χ1) is 10.7. The topological polar surface area (TPSA) is 101 Å². The molecule has 0 saturated heterocycles. The molecule has 2 N–H and O–H groups in total. The minimum Gasteiger partial charge on any atom is -0.267 e. The van der Waals surface area contributed by atoms with Crippen LogP contribution >= 0.6 is 0 Å². The first-order valence-corrected chi connectivity index (χ1v) is 8.94. The maximum atomic E-state index is 12.0. The molecule has 7 nitrogen and oxygen atoms in total. The third-order valence-corrected chi connectivity index (χ3v) is 3.77. The number of aromatic nitrogens is 2. The molecule has 0 aliphatic rings. The van der Waals surface area contributed by atoms with E-state index in [1.807, 2.05) is 19.9 Å². The van der Waals surface area contributed by atoms with Crippen LogP contribution in [0.2, 0.25) is 0 Å². The number of hydrogen-bond acceptors (Lipinski definition) is 6. The Morgan fingerprint density at radius 3 is 2.17 bits per heavy atom. The molecule has 0 saturated carbocycles. The zero-order chi connectivity index (χ0) is 17.0. The summed E-state index contributed by atoms with van der Waals surface area (Å²) in [6.07, 6.45) is 1.17. The van der Waals surface area contributed by atoms with Gasteiger partial charge in [0.2, 0.25) is 5.95 Å². The smallest absolute Gasteiger partial charge is 0.267 e. The van der Waals surface area contributed by atoms with Crippen LogP contribution in [0.5, 0.6) is 0 Å². The Labute approximate surface area is 135 Å². The van der Waals surface area contributed by atoms with Gasteiger partial charge in [0, 0.05) is 23.2 Å². The van der Waals surface area contributed by atoms with Gasteiger partial charge in [0.1, 0.15) is 0 Å². The SMILES string of the molecule is Cc1cc(C)nc(NNC(=O)c2ccc(CS(C)(=O)=O)cc2)n1. The number of amides is 1. The second kappa shape index (κ2) is 6.74. The average Bonchev–Trinajstić information content (AvgIpc) is 2.43. The molecule has 0 spiro atoms. The summed E-state index contributed by atoms with van der Waals surface area (Å²) in [5.74, 6) is -0.105. The van der Waals surface area contributed by atoms with Gasteiger partial charge in [0.25, 0.3) is 5.91 Å². The largest absolute Gasteiger partial charge is 0.269 e. The molecule has 0 aliphatic carbocycles. The fraction of sp³-hybridized carbons (Fsp3) is 0.267. The number of benzene rings is 1. The summed E-state index contributed by atoms with van der Waals surface area (Å²) in [7, 11) is -3.09. The number of nitrogens with zero attached hydrogens (tertiary/aromatic N) is 2. The molecule has 2 aromatic rings. The van der Waals surface area contributed by atoms with Crippen molar-refractivity contribution in [1.82, 2.24) is 15.4 Å². The van der Waals surface area contributed by atoms with Crippen LogP contribution < -0.4 is 10.9 Å². The van der Waals surface area contributed by atoms with E-state index in [2.05, 4.69) is 20.8 Å². The van der Waals surface area contributed by atoms with E-state index in [1.165, 1.54) is 6.26 Å². The van der Waals surface area contributed by atoms with Crippen molar-refractivity contribution >= 4 is 21.7 Å². The van der Waals surface area contributed by atoms with Crippen molar-refractivity contribution in [3.05, 3.63) is 52.8 Å². The van der Waals surface area contributed by atoms with Gasteiger partial charge in [-0.3, -0.25) is 15.6 Å². The van der Waals surface area contributed by atoms with E-state index in [0.29, 0.717) is 17.1 Å². The monoisotopic (exact) mass is 334 g/mol. The van der Waals surface area contributed by atoms with Crippen LogP contribution in [0.15, 0.2) is 30.3 Å². The predicted molar refractivity (Wildman–Crippen MR) is 87.6 cm³/mol. The highest BCUT2D eigenvalue weighted by Crippen LogP contribution is 2.08. The highest BCUT2D eigenvalue weighted by atomic mass is 32.2. The normalized spacial score (nSPS) is 11.1. The molecule has 122 valence electrons. The zero-order valence-electron chi connectivity index (χ0n) is 13.1. The number of sulfone groups is 1. The van der Waals surface area contributed by atoms with Gasteiger partial charge in [0.15, 0.2) is 9.84 Å². The van der Waals surface area contributed by atoms with Gasteiger partial charge in [0.05, 0.1) is 5.75 Å². The van der Waals surface area contributed by atoms with Gasteiger partial charge in [-0.2, -0.15) is 0 Å². The molecule has 1 heterocycles. The molecule has 0 fully saturated rings. The van der Waals surface area contributed by atoms with Gasteiger partial charge in [-0.05, 0) is 37.6 Å². The number of anilines is 1. The van der Waals surface area contributed by atoms with Crippen LogP contribution in [0.3, 0.4) is 0 Å². The molecule has 2 rings (SSSR count). The van der Waals surface area contributed by atoms with E-state index < -0.39 is 9.84 Å². The summed E-state index contributed by atoms with van der Waals surface area (Å²) in [6.45, 7) is 3.67. The van der Waals surface area contributed by atoms with E-state index in [0.717, 1.165) is 11.4 Å². The Bertz CT molecular complexity index is 797. The van der Waals surface area contributed by atoms with Crippen LogP contribution in [0.25, 0.3) is 0 Å². The molecular formula is C15H18N4O3S. The van der Waals surface area contributed by atoms with E-state index in [9.17, 15) is 13.2 Å². The second-order valence-electron chi connectivity index (χ2n) is 5.32. The van der Waals surface area contributed by atoms with Crippen LogP contribution in [0.4, 0.5) is 5.95 Å². The molecule has 0 unspecified atom stereocenters. The molecule has 8 heteroatoms. The number of hydrogen-bond donors (Lipinski definition) is 2. The zero-order valence-corrected chi connectivity index (χ0v) is 13.9. The van der Waals surface area contributed by atoms with Crippen LogP contribution in [-0.4, -0.2) is 30.5 Å². The molecule has 1 amide bonds. The molecule has 23 heavy (non-hydrogen) atoms. The Balaban J connectivity index is 2.00. The van der Waals surface area contributed by atoms with Crippen molar-refractivity contribution in [2.75, 3.05) is 11.7 Å². The lowest BCUT2D eigenvalue weighted by molar-refractivity contribution is 0.0962. The van der Waals surface area contributed by atoms with Crippen LogP contribution in [0, 0.1) is 13.8 Å². The fourth-order valence-electron chi connectivity index (χ4n) is 2.02. The van der Waals surface area contributed by atoms with E-state index in [-0.39, 0.29) is 11.7 Å². The predicted octanol–water partition coefficient (Wildman–Crippen LogP) is 1.39. The van der Waals surface area contributed by atoms with E-state index in [1.54, 1.807) is 24.3 Å². The number of hydrazine groups is 1. The van der Waals surface area contributed by atoms with Crippen molar-refractivity contribution in [3.8, 4) is 0 Å². The second-order valence-corrected chi connectivity index (χ2v) is 7.46. The lowest BCUT2D eigenvalue weighted by atomic mass is 10.1. The average molecular weight is 334 g/mol. The Morgan fingerprint density at radius 1 is 1.09 bits per heavy atom. The fourth-order valence-corrected chi connectivity index (χ4v) is 2.82. The molecule has 1 aromatic heterocycles. The Hall–Kier alpha value is -2.48. The third-order valence-electron chi connectivity index (χ3n) is 2.92. The van der Waals surface area contributed by atoms with Crippen molar-refractivity contribution in [3.63, 3.8) is 0 Å². The number of aryl methyl sites for hydroxylation is 2. The minimum atomic E-state index is -3.09. The Morgan fingerprint density at radius 2 is 1.65 bits per heavy atom. The third kappa shape index (κ3) is 5.33. The molecule has 0 aliphatic heterocycles. The van der Waals surface area contributed by atoms with Gasteiger partial charge >= 0.3 is 0 Å². The van der Waals surface area contributed by atoms with Crippen molar-refractivity contribution < 1.29 is 13.2 Å². The van der Waals surface area contributed by atoms with Gasteiger partial charge in [-0.1, -0.05) is 12.1 Å². The number of nitrogens with one attached hydrogen (secondary N) is 2. The summed E-state index contributed by atoms with van der Waals surface area (Å²) >= 11 is 0. The van der Waals surface area contributed by atoms with Gasteiger partial charge < -0.3 is 0 Å². The summed E-state index contributed by atoms with van der Waals surface area (Å²) < 4.78 is 22.5. The molecule has 0 bridgehead atoms. The first-order valence-electron chi connectivity index (χ1n) is 6.88. The van der Waals surface area contributed by atoms with Crippen LogP contribution in [-0.2, 0) is 15.6 Å². The Kier molecular flexibility index (Phi) is 4.95. The van der Waals surface area contributed by atoms with Gasteiger partial charge in [-0.25, -0.2) is 18.4 Å². The van der Waals surface area contributed by atoms with E-state index in [4.69, 9.17) is 0 Å². The standard InChI is InChI=1S/C15H18N4O3S/c1-10-8-11(2)17-15(16-10)19-18-14(20)13-6-4-12(5-7-13)9-23(3,21)22/h4-8H,9H2,1-3H3,(H,18,20)(H,16,17,19). The highest BCUT2D eigenvalue weighted by molar-refractivity contribution is 7.89. The maximum Gasteiger partial charge on any atom is 0.269 e. The number of rotatable bonds is 5. The number of carbonyl (C=O) groups is 1. The highest BCUT2D eigenvalue weighted by Gasteiger charge is 2.08. The summed E-state index contributed by atoms with van der Waals surface area (Å²) in [5, 5.41) is 0. The molecular weight excluding hydrogens is 316 g/mol. The van der Waals surface area contributed by atoms with Crippen LogP contribution in [0.1, 0.15) is 27.3 Å². The maximum absolute atomic E-state index is 12.0. The summed E-state index contributed by atoms with van der Waals surface area (Å²) in [6, 6.07) is 8.19. The van der Waals surface area contributed by atoms with Gasteiger partial charge in [-0.15, -0.1) is 0 Å².